The molecule has 1 unspecified atom stereocenters. The van der Waals surface area contributed by atoms with Crippen molar-refractivity contribution in [2.45, 2.75) is 25.4 Å². The Morgan fingerprint density at radius 2 is 2.20 bits per heavy atom. The van der Waals surface area contributed by atoms with Crippen LogP contribution in [0, 0.1) is 16.0 Å². The lowest BCUT2D eigenvalue weighted by molar-refractivity contribution is -0.384. The van der Waals surface area contributed by atoms with Crippen LogP contribution in [0.1, 0.15) is 29.3 Å². The second kappa shape index (κ2) is 5.73. The van der Waals surface area contributed by atoms with Crippen LogP contribution in [-0.2, 0) is 6.54 Å². The molecule has 1 fully saturated rings. The van der Waals surface area contributed by atoms with Gasteiger partial charge >= 0.3 is 0 Å². The van der Waals surface area contributed by atoms with E-state index >= 15 is 0 Å². The number of hydrogen-bond donors (Lipinski definition) is 1. The number of rotatable bonds is 6. The van der Waals surface area contributed by atoms with Gasteiger partial charge in [0, 0.05) is 29.6 Å². The van der Waals surface area contributed by atoms with Crippen molar-refractivity contribution < 1.29 is 4.92 Å². The van der Waals surface area contributed by atoms with E-state index in [1.54, 1.807) is 23.5 Å². The van der Waals surface area contributed by atoms with E-state index in [4.69, 9.17) is 0 Å². The van der Waals surface area contributed by atoms with Crippen molar-refractivity contribution in [2.24, 2.45) is 5.92 Å². The molecule has 5 heteroatoms. The average molecular weight is 288 g/mol. The van der Waals surface area contributed by atoms with Crippen LogP contribution in [0.2, 0.25) is 0 Å². The second-order valence-corrected chi connectivity index (χ2v) is 6.12. The lowest BCUT2D eigenvalue weighted by Crippen LogP contribution is -2.21. The number of nitro groups is 1. The molecule has 1 heterocycles. The van der Waals surface area contributed by atoms with Gasteiger partial charge in [0.2, 0.25) is 0 Å². The van der Waals surface area contributed by atoms with Crippen molar-refractivity contribution in [1.29, 1.82) is 0 Å². The highest BCUT2D eigenvalue weighted by molar-refractivity contribution is 7.10. The fraction of sp³-hybridized carbons (Fsp3) is 0.333. The zero-order valence-electron chi connectivity index (χ0n) is 11.0. The van der Waals surface area contributed by atoms with E-state index < -0.39 is 0 Å². The van der Waals surface area contributed by atoms with E-state index in [2.05, 4.69) is 22.8 Å². The van der Waals surface area contributed by atoms with E-state index in [0.717, 1.165) is 5.56 Å². The fourth-order valence-corrected chi connectivity index (χ4v) is 3.30. The van der Waals surface area contributed by atoms with E-state index in [0.29, 0.717) is 18.5 Å². The lowest BCUT2D eigenvalue weighted by Gasteiger charge is -2.16. The van der Waals surface area contributed by atoms with Gasteiger partial charge in [-0.2, -0.15) is 0 Å². The molecule has 0 spiro atoms. The summed E-state index contributed by atoms with van der Waals surface area (Å²) in [7, 11) is 0. The van der Waals surface area contributed by atoms with Crippen LogP contribution >= 0.6 is 11.3 Å². The first-order valence-electron chi connectivity index (χ1n) is 6.74. The number of benzene rings is 1. The Bertz CT molecular complexity index is 594. The maximum Gasteiger partial charge on any atom is 0.269 e. The molecule has 1 aliphatic rings. The highest BCUT2D eigenvalue weighted by Gasteiger charge is 2.32. The SMILES string of the molecule is O=[N+]([O-])c1cccc(CNC(c2cccs2)C2CC2)c1. The Labute approximate surface area is 121 Å². The largest absolute Gasteiger partial charge is 0.305 e. The maximum absolute atomic E-state index is 10.8. The number of thiophene rings is 1. The zero-order chi connectivity index (χ0) is 13.9. The maximum atomic E-state index is 10.8. The molecule has 0 radical (unpaired) electrons. The molecule has 0 aliphatic heterocycles. The van der Waals surface area contributed by atoms with Crippen molar-refractivity contribution >= 4 is 17.0 Å². The normalized spacial score (nSPS) is 16.0. The number of nitrogens with zero attached hydrogens (tertiary/aromatic N) is 1. The molecule has 104 valence electrons. The molecular weight excluding hydrogens is 272 g/mol. The molecule has 4 nitrogen and oxygen atoms in total. The summed E-state index contributed by atoms with van der Waals surface area (Å²) in [6, 6.07) is 11.5. The lowest BCUT2D eigenvalue weighted by atomic mass is 10.1. The molecule has 1 aromatic heterocycles. The average Bonchev–Trinajstić information content (AvgIpc) is 3.14. The number of non-ortho nitro benzene ring substituents is 1. The summed E-state index contributed by atoms with van der Waals surface area (Å²) in [4.78, 5) is 11.8. The third-order valence-corrected chi connectivity index (χ3v) is 4.55. The minimum absolute atomic E-state index is 0.156. The molecule has 1 aliphatic carbocycles. The first-order valence-corrected chi connectivity index (χ1v) is 7.62. The van der Waals surface area contributed by atoms with Gasteiger partial charge in [-0.3, -0.25) is 10.1 Å². The van der Waals surface area contributed by atoms with Crippen LogP contribution < -0.4 is 5.32 Å². The van der Waals surface area contributed by atoms with E-state index in [-0.39, 0.29) is 10.6 Å². The van der Waals surface area contributed by atoms with E-state index in [9.17, 15) is 10.1 Å². The van der Waals surface area contributed by atoms with Gasteiger partial charge in [-0.15, -0.1) is 11.3 Å². The van der Waals surface area contributed by atoms with Gasteiger partial charge < -0.3 is 5.32 Å². The Morgan fingerprint density at radius 1 is 1.35 bits per heavy atom. The highest BCUT2D eigenvalue weighted by Crippen LogP contribution is 2.42. The Morgan fingerprint density at radius 3 is 2.85 bits per heavy atom. The van der Waals surface area contributed by atoms with Gasteiger partial charge in [0.15, 0.2) is 0 Å². The van der Waals surface area contributed by atoms with Gasteiger partial charge in [0.1, 0.15) is 0 Å². The summed E-state index contributed by atoms with van der Waals surface area (Å²) < 4.78 is 0. The summed E-state index contributed by atoms with van der Waals surface area (Å²) in [6.45, 7) is 0.667. The standard InChI is InChI=1S/C15H16N2O2S/c18-17(19)13-4-1-3-11(9-13)10-16-15(12-6-7-12)14-5-2-8-20-14/h1-5,8-9,12,15-16H,6-7,10H2. The molecule has 2 aromatic rings. The van der Waals surface area contributed by atoms with E-state index in [1.807, 2.05) is 6.07 Å². The number of hydrogen-bond acceptors (Lipinski definition) is 4. The van der Waals surface area contributed by atoms with Crippen molar-refractivity contribution in [3.8, 4) is 0 Å². The first kappa shape index (κ1) is 13.3. The van der Waals surface area contributed by atoms with Crippen LogP contribution in [0.15, 0.2) is 41.8 Å². The Kier molecular flexibility index (Phi) is 3.80. The minimum atomic E-state index is -0.346. The molecule has 1 N–H and O–H groups in total. The summed E-state index contributed by atoms with van der Waals surface area (Å²) in [5.74, 6) is 0.715. The predicted molar refractivity (Wildman–Crippen MR) is 79.7 cm³/mol. The van der Waals surface area contributed by atoms with Crippen LogP contribution in [0.25, 0.3) is 0 Å². The molecule has 1 aromatic carbocycles. The van der Waals surface area contributed by atoms with Crippen molar-refractivity contribution in [1.82, 2.24) is 5.32 Å². The van der Waals surface area contributed by atoms with Crippen LogP contribution in [-0.4, -0.2) is 4.92 Å². The minimum Gasteiger partial charge on any atom is -0.305 e. The molecule has 1 atom stereocenters. The smallest absolute Gasteiger partial charge is 0.269 e. The van der Waals surface area contributed by atoms with Crippen LogP contribution in [0.4, 0.5) is 5.69 Å². The predicted octanol–water partition coefficient (Wildman–Crippen LogP) is 3.90. The van der Waals surface area contributed by atoms with E-state index in [1.165, 1.54) is 23.8 Å². The quantitative estimate of drug-likeness (QED) is 0.648. The number of nitro benzene ring substituents is 1. The van der Waals surface area contributed by atoms with Crippen molar-refractivity contribution in [3.63, 3.8) is 0 Å². The van der Waals surface area contributed by atoms with Crippen LogP contribution in [0.3, 0.4) is 0 Å². The topological polar surface area (TPSA) is 55.2 Å². The molecule has 0 bridgehead atoms. The highest BCUT2D eigenvalue weighted by atomic mass is 32.1. The van der Waals surface area contributed by atoms with Gasteiger partial charge in [-0.05, 0) is 35.8 Å². The molecule has 0 saturated heterocycles. The van der Waals surface area contributed by atoms with Gasteiger partial charge in [-0.25, -0.2) is 0 Å². The molecule has 1 saturated carbocycles. The first-order chi connectivity index (χ1) is 9.74. The molecule has 3 rings (SSSR count). The summed E-state index contributed by atoms with van der Waals surface area (Å²) in [5, 5.41) is 16.4. The summed E-state index contributed by atoms with van der Waals surface area (Å²) in [5.41, 5.74) is 1.12. The second-order valence-electron chi connectivity index (χ2n) is 5.14. The summed E-state index contributed by atoms with van der Waals surface area (Å²) >= 11 is 1.77. The van der Waals surface area contributed by atoms with Crippen LogP contribution in [0.5, 0.6) is 0 Å². The Hall–Kier alpha value is -1.72. The van der Waals surface area contributed by atoms with Crippen molar-refractivity contribution in [3.05, 3.63) is 62.3 Å². The summed E-state index contributed by atoms with van der Waals surface area (Å²) in [6.07, 6.45) is 2.54. The van der Waals surface area contributed by atoms with Gasteiger partial charge in [0.05, 0.1) is 4.92 Å². The third kappa shape index (κ3) is 3.05. The molecule has 0 amide bonds. The third-order valence-electron chi connectivity index (χ3n) is 3.59. The van der Waals surface area contributed by atoms with Gasteiger partial charge in [0.25, 0.3) is 5.69 Å². The fourth-order valence-electron chi connectivity index (χ4n) is 2.41. The number of nitrogens with one attached hydrogen (secondary N) is 1. The molecular formula is C15H16N2O2S. The zero-order valence-corrected chi connectivity index (χ0v) is 11.8. The monoisotopic (exact) mass is 288 g/mol. The molecule has 20 heavy (non-hydrogen) atoms. The van der Waals surface area contributed by atoms with Gasteiger partial charge in [-0.1, -0.05) is 18.2 Å². The van der Waals surface area contributed by atoms with Crippen molar-refractivity contribution in [2.75, 3.05) is 0 Å². The Balaban J connectivity index is 1.68.